The molecule has 0 spiro atoms. The third-order valence-electron chi connectivity index (χ3n) is 1.63. The summed E-state index contributed by atoms with van der Waals surface area (Å²) >= 11 is 5.53. The normalized spacial score (nSPS) is 11.2. The Morgan fingerprint density at radius 1 is 1.36 bits per heavy atom. The maximum absolute atomic E-state index is 10.7. The number of hydrogen-bond donors (Lipinski definition) is 1. The molecule has 0 unspecified atom stereocenters. The van der Waals surface area contributed by atoms with Crippen molar-refractivity contribution < 1.29 is 4.79 Å². The predicted molar refractivity (Wildman–Crippen MR) is 58.8 cm³/mol. The van der Waals surface area contributed by atoms with Crippen molar-refractivity contribution in [2.75, 3.05) is 5.43 Å². The molecule has 0 aliphatic carbocycles. The minimum Gasteiger partial charge on any atom is -0.292 e. The highest BCUT2D eigenvalue weighted by Gasteiger charge is 1.99. The minimum atomic E-state index is -0.258. The smallest absolute Gasteiger partial charge is 0.191 e. The average Bonchev–Trinajstić information content (AvgIpc) is 2.16. The van der Waals surface area contributed by atoms with Crippen LogP contribution in [0.25, 0.3) is 0 Å². The molecule has 74 valence electrons. The van der Waals surface area contributed by atoms with Crippen molar-refractivity contribution in [2.24, 2.45) is 5.10 Å². The van der Waals surface area contributed by atoms with E-state index < -0.39 is 0 Å². The Kier molecular flexibility index (Phi) is 3.65. The van der Waals surface area contributed by atoms with E-state index in [4.69, 9.17) is 11.6 Å². The lowest BCUT2D eigenvalue weighted by molar-refractivity contribution is -0.110. The number of Topliss-reactive ketones (excluding diaryl/α,β-unsaturated/α-hetero) is 1. The van der Waals surface area contributed by atoms with Gasteiger partial charge in [-0.15, -0.1) is 0 Å². The fourth-order valence-electron chi connectivity index (χ4n) is 0.820. The third-order valence-corrected chi connectivity index (χ3v) is 1.98. The Balaban J connectivity index is 2.66. The van der Waals surface area contributed by atoms with E-state index >= 15 is 0 Å². The molecule has 0 radical (unpaired) electrons. The number of rotatable bonds is 3. The summed E-state index contributed by atoms with van der Waals surface area (Å²) in [6, 6.07) is 7.62. The number of ketones is 1. The topological polar surface area (TPSA) is 41.5 Å². The van der Waals surface area contributed by atoms with Gasteiger partial charge in [-0.2, -0.15) is 5.10 Å². The molecule has 0 atom stereocenters. The molecule has 0 aliphatic heterocycles. The number of benzene rings is 1. The molecule has 0 bridgehead atoms. The summed E-state index contributed by atoms with van der Waals surface area (Å²) in [5.41, 5.74) is 4.65. The summed E-state index contributed by atoms with van der Waals surface area (Å²) in [6.45, 7) is 3.36. The molecule has 0 fully saturated rings. The highest BCUT2D eigenvalue weighted by Crippen LogP contribution is 2.08. The highest BCUT2D eigenvalue weighted by molar-refractivity contribution is 6.82. The van der Waals surface area contributed by atoms with Crippen LogP contribution in [0.15, 0.2) is 29.4 Å². The van der Waals surface area contributed by atoms with Crippen LogP contribution in [-0.2, 0) is 4.79 Å². The number of hydrogen-bond acceptors (Lipinski definition) is 3. The first-order chi connectivity index (χ1) is 6.59. The molecule has 0 amide bonds. The number of anilines is 1. The second kappa shape index (κ2) is 4.77. The number of halogens is 1. The molecule has 1 N–H and O–H groups in total. The largest absolute Gasteiger partial charge is 0.292 e. The molecule has 1 aromatic carbocycles. The Bertz CT molecular complexity index is 357. The summed E-state index contributed by atoms with van der Waals surface area (Å²) in [5, 5.41) is 3.66. The van der Waals surface area contributed by atoms with Crippen molar-refractivity contribution in [3.8, 4) is 0 Å². The number of carbonyl (C=O) groups is 1. The lowest BCUT2D eigenvalue weighted by Gasteiger charge is -2.00. The molecular weight excluding hydrogens is 200 g/mol. The van der Waals surface area contributed by atoms with Crippen molar-refractivity contribution in [1.82, 2.24) is 0 Å². The van der Waals surface area contributed by atoms with Crippen LogP contribution >= 0.6 is 11.6 Å². The van der Waals surface area contributed by atoms with E-state index in [-0.39, 0.29) is 11.0 Å². The van der Waals surface area contributed by atoms with Gasteiger partial charge in [0.1, 0.15) is 0 Å². The third kappa shape index (κ3) is 3.18. The first-order valence-electron chi connectivity index (χ1n) is 4.16. The van der Waals surface area contributed by atoms with Crippen LogP contribution in [0.5, 0.6) is 0 Å². The zero-order chi connectivity index (χ0) is 10.6. The van der Waals surface area contributed by atoms with Gasteiger partial charge in [-0.1, -0.05) is 29.3 Å². The van der Waals surface area contributed by atoms with Gasteiger partial charge in [0.2, 0.25) is 0 Å². The van der Waals surface area contributed by atoms with E-state index in [1.165, 1.54) is 6.92 Å². The van der Waals surface area contributed by atoms with Gasteiger partial charge >= 0.3 is 0 Å². The van der Waals surface area contributed by atoms with Crippen LogP contribution in [-0.4, -0.2) is 11.0 Å². The van der Waals surface area contributed by atoms with Gasteiger partial charge in [0, 0.05) is 6.92 Å². The van der Waals surface area contributed by atoms with Gasteiger partial charge in [0.25, 0.3) is 0 Å². The average molecular weight is 211 g/mol. The summed E-state index contributed by atoms with van der Waals surface area (Å²) in [6.07, 6.45) is 0. The van der Waals surface area contributed by atoms with Crippen LogP contribution in [0.2, 0.25) is 0 Å². The van der Waals surface area contributed by atoms with Gasteiger partial charge in [-0.25, -0.2) is 0 Å². The quantitative estimate of drug-likeness (QED) is 0.615. The summed E-state index contributed by atoms with van der Waals surface area (Å²) in [5.74, 6) is -0.258. The molecule has 0 saturated heterocycles. The van der Waals surface area contributed by atoms with Gasteiger partial charge in [-0.05, 0) is 19.1 Å². The summed E-state index contributed by atoms with van der Waals surface area (Å²) in [4.78, 5) is 10.7. The van der Waals surface area contributed by atoms with E-state index in [0.717, 1.165) is 11.3 Å². The van der Waals surface area contributed by atoms with E-state index in [1.807, 2.05) is 31.2 Å². The van der Waals surface area contributed by atoms with Crippen LogP contribution in [0.4, 0.5) is 5.69 Å². The predicted octanol–water partition coefficient (Wildman–Crippen LogP) is 2.55. The van der Waals surface area contributed by atoms with E-state index in [2.05, 4.69) is 10.5 Å². The van der Waals surface area contributed by atoms with Gasteiger partial charge < -0.3 is 0 Å². The first-order valence-corrected chi connectivity index (χ1v) is 4.54. The summed E-state index contributed by atoms with van der Waals surface area (Å²) in [7, 11) is 0. The van der Waals surface area contributed by atoms with E-state index in [1.54, 1.807) is 0 Å². The van der Waals surface area contributed by atoms with Crippen molar-refractivity contribution in [3.05, 3.63) is 29.8 Å². The van der Waals surface area contributed by atoms with Crippen LogP contribution in [0, 0.1) is 6.92 Å². The zero-order valence-electron chi connectivity index (χ0n) is 8.04. The number of nitrogens with one attached hydrogen (secondary N) is 1. The van der Waals surface area contributed by atoms with Crippen molar-refractivity contribution in [2.45, 2.75) is 13.8 Å². The number of carbonyl (C=O) groups excluding carboxylic acids is 1. The number of hydrazone groups is 1. The van der Waals surface area contributed by atoms with Crippen LogP contribution in [0.3, 0.4) is 0 Å². The van der Waals surface area contributed by atoms with Crippen molar-refractivity contribution >= 4 is 28.2 Å². The fourth-order valence-corrected chi connectivity index (χ4v) is 0.863. The zero-order valence-corrected chi connectivity index (χ0v) is 8.80. The molecule has 0 heterocycles. The van der Waals surface area contributed by atoms with Gasteiger partial charge in [-0.3, -0.25) is 10.2 Å². The molecule has 14 heavy (non-hydrogen) atoms. The van der Waals surface area contributed by atoms with Crippen LogP contribution < -0.4 is 5.43 Å². The number of aryl methyl sites for hydroxylation is 1. The molecule has 1 rings (SSSR count). The Labute approximate surface area is 87.8 Å². The highest BCUT2D eigenvalue weighted by atomic mass is 35.5. The van der Waals surface area contributed by atoms with E-state index in [0.29, 0.717) is 0 Å². The Morgan fingerprint density at radius 3 is 2.43 bits per heavy atom. The fraction of sp³-hybridized carbons (Fsp3) is 0.200. The standard InChI is InChI=1S/C10H11ClN2O/c1-7-3-5-9(6-4-7)12-13-10(11)8(2)14/h3-6,12H,1-2H3/b13-10+. The molecule has 1 aromatic rings. The van der Waals surface area contributed by atoms with E-state index in [9.17, 15) is 4.79 Å². The maximum Gasteiger partial charge on any atom is 0.191 e. The maximum atomic E-state index is 10.7. The van der Waals surface area contributed by atoms with Crippen molar-refractivity contribution in [3.63, 3.8) is 0 Å². The Morgan fingerprint density at radius 2 is 1.93 bits per heavy atom. The molecule has 0 aromatic heterocycles. The summed E-state index contributed by atoms with van der Waals surface area (Å²) < 4.78 is 0. The van der Waals surface area contributed by atoms with Crippen molar-refractivity contribution in [1.29, 1.82) is 0 Å². The first kappa shape index (κ1) is 10.7. The second-order valence-corrected chi connectivity index (χ2v) is 3.29. The monoisotopic (exact) mass is 210 g/mol. The molecule has 4 heteroatoms. The van der Waals surface area contributed by atoms with Crippen LogP contribution in [0.1, 0.15) is 12.5 Å². The minimum absolute atomic E-state index is 0.0504. The lowest BCUT2D eigenvalue weighted by Crippen LogP contribution is -2.04. The SMILES string of the molecule is CC(=O)/C(Cl)=N\Nc1ccc(C)cc1. The number of nitrogens with zero attached hydrogens (tertiary/aromatic N) is 1. The Hall–Kier alpha value is -1.35. The lowest BCUT2D eigenvalue weighted by atomic mass is 10.2. The van der Waals surface area contributed by atoms with Gasteiger partial charge in [0.05, 0.1) is 5.69 Å². The molecule has 0 aliphatic rings. The molecule has 0 saturated carbocycles. The molecular formula is C10H11ClN2O. The second-order valence-electron chi connectivity index (χ2n) is 2.94. The van der Waals surface area contributed by atoms with Gasteiger partial charge in [0.15, 0.2) is 11.0 Å². The molecule has 3 nitrogen and oxygen atoms in total.